The molecule has 1 heterocycles. The van der Waals surface area contributed by atoms with Crippen LogP contribution in [0.15, 0.2) is 28.7 Å². The maximum atomic E-state index is 9.72. The number of aromatic nitrogens is 1. The monoisotopic (exact) mass is 219 g/mol. The molecule has 0 unspecified atom stereocenters. The third kappa shape index (κ3) is 1.79. The fourth-order valence-electron chi connectivity index (χ4n) is 1.59. The molecule has 0 spiro atoms. The molecule has 84 valence electrons. The van der Waals surface area contributed by atoms with Crippen LogP contribution in [0, 0.1) is 0 Å². The molecule has 0 saturated heterocycles. The van der Waals surface area contributed by atoms with Gasteiger partial charge in [-0.05, 0) is 12.1 Å². The molecule has 4 nitrogen and oxygen atoms in total. The molecule has 1 aromatic carbocycles. The molecule has 2 N–H and O–H groups in total. The molecule has 0 atom stereocenters. The van der Waals surface area contributed by atoms with Gasteiger partial charge >= 0.3 is 0 Å². The van der Waals surface area contributed by atoms with E-state index in [-0.39, 0.29) is 18.2 Å². The molecule has 0 bridgehead atoms. The summed E-state index contributed by atoms with van der Waals surface area (Å²) < 4.78 is 5.35. The Labute approximate surface area is 93.2 Å². The molecular formula is C12H13NO3. The summed E-state index contributed by atoms with van der Waals surface area (Å²) in [6, 6.07) is 6.94. The van der Waals surface area contributed by atoms with Crippen molar-refractivity contribution in [1.82, 2.24) is 4.98 Å². The van der Waals surface area contributed by atoms with E-state index in [1.807, 2.05) is 13.0 Å². The number of aromatic hydroxyl groups is 1. The van der Waals surface area contributed by atoms with Crippen LogP contribution in [0.3, 0.4) is 0 Å². The molecule has 0 saturated carbocycles. The Kier molecular flexibility index (Phi) is 2.92. The van der Waals surface area contributed by atoms with E-state index < -0.39 is 0 Å². The number of aliphatic hydroxyl groups excluding tert-OH is 1. The number of benzene rings is 1. The lowest BCUT2D eigenvalue weighted by Crippen LogP contribution is -1.85. The number of aryl methyl sites for hydroxylation is 1. The first-order valence-electron chi connectivity index (χ1n) is 5.14. The van der Waals surface area contributed by atoms with Crippen LogP contribution < -0.4 is 0 Å². The van der Waals surface area contributed by atoms with Gasteiger partial charge in [-0.15, -0.1) is 0 Å². The Morgan fingerprint density at radius 3 is 2.69 bits per heavy atom. The highest BCUT2D eigenvalue weighted by atomic mass is 16.4. The van der Waals surface area contributed by atoms with Gasteiger partial charge in [0.2, 0.25) is 5.89 Å². The molecule has 0 aliphatic heterocycles. The summed E-state index contributed by atoms with van der Waals surface area (Å²) in [6.45, 7) is 1.70. The minimum atomic E-state index is -0.236. The van der Waals surface area contributed by atoms with E-state index in [1.54, 1.807) is 18.2 Å². The molecule has 0 aliphatic rings. The highest BCUT2D eigenvalue weighted by Gasteiger charge is 2.15. The minimum Gasteiger partial charge on any atom is -0.507 e. The van der Waals surface area contributed by atoms with Gasteiger partial charge in [-0.3, -0.25) is 0 Å². The SMILES string of the molecule is CCc1oc(CO)nc1-c1ccccc1O. The minimum absolute atomic E-state index is 0.162. The standard InChI is InChI=1S/C12H13NO3/c1-2-10-12(13-11(7-14)16-10)8-5-3-4-6-9(8)15/h3-6,14-15H,2,7H2,1H3. The van der Waals surface area contributed by atoms with Crippen LogP contribution >= 0.6 is 0 Å². The van der Waals surface area contributed by atoms with Crippen molar-refractivity contribution in [3.63, 3.8) is 0 Å². The Bertz CT molecular complexity index is 491. The van der Waals surface area contributed by atoms with E-state index in [1.165, 1.54) is 0 Å². The third-order valence-electron chi connectivity index (χ3n) is 2.36. The number of para-hydroxylation sites is 1. The number of rotatable bonds is 3. The van der Waals surface area contributed by atoms with Crippen LogP contribution in [0.1, 0.15) is 18.6 Å². The predicted molar refractivity (Wildman–Crippen MR) is 58.9 cm³/mol. The number of nitrogens with zero attached hydrogens (tertiary/aromatic N) is 1. The average Bonchev–Trinajstić information content (AvgIpc) is 2.72. The van der Waals surface area contributed by atoms with E-state index in [9.17, 15) is 5.11 Å². The fraction of sp³-hybridized carbons (Fsp3) is 0.250. The first-order valence-corrected chi connectivity index (χ1v) is 5.14. The molecule has 0 aliphatic carbocycles. The maximum absolute atomic E-state index is 9.72. The molecule has 0 amide bonds. The van der Waals surface area contributed by atoms with Crippen molar-refractivity contribution in [3.05, 3.63) is 35.9 Å². The lowest BCUT2D eigenvalue weighted by atomic mass is 10.1. The van der Waals surface area contributed by atoms with E-state index in [4.69, 9.17) is 9.52 Å². The van der Waals surface area contributed by atoms with Crippen LogP contribution in [0.4, 0.5) is 0 Å². The second kappa shape index (κ2) is 4.37. The zero-order valence-electron chi connectivity index (χ0n) is 8.97. The van der Waals surface area contributed by atoms with E-state index in [0.29, 0.717) is 23.4 Å². The smallest absolute Gasteiger partial charge is 0.220 e. The quantitative estimate of drug-likeness (QED) is 0.829. The second-order valence-electron chi connectivity index (χ2n) is 3.41. The van der Waals surface area contributed by atoms with Crippen molar-refractivity contribution in [2.45, 2.75) is 20.0 Å². The summed E-state index contributed by atoms with van der Waals surface area (Å²) >= 11 is 0. The first-order chi connectivity index (χ1) is 7.76. The number of aliphatic hydroxyl groups is 1. The molecule has 2 aromatic rings. The number of hydrogen-bond donors (Lipinski definition) is 2. The van der Waals surface area contributed by atoms with Crippen LogP contribution in [-0.2, 0) is 13.0 Å². The van der Waals surface area contributed by atoms with Gasteiger partial charge in [-0.2, -0.15) is 0 Å². The van der Waals surface area contributed by atoms with Crippen molar-refractivity contribution in [3.8, 4) is 17.0 Å². The van der Waals surface area contributed by atoms with Gasteiger partial charge in [0, 0.05) is 12.0 Å². The summed E-state index contributed by atoms with van der Waals surface area (Å²) in [5, 5.41) is 18.7. The van der Waals surface area contributed by atoms with Gasteiger partial charge in [0.25, 0.3) is 0 Å². The van der Waals surface area contributed by atoms with Gasteiger partial charge in [-0.1, -0.05) is 19.1 Å². The molecule has 2 rings (SSSR count). The normalized spacial score (nSPS) is 10.6. The molecule has 16 heavy (non-hydrogen) atoms. The Balaban J connectivity index is 2.54. The maximum Gasteiger partial charge on any atom is 0.220 e. The van der Waals surface area contributed by atoms with Crippen LogP contribution in [0.5, 0.6) is 5.75 Å². The lowest BCUT2D eigenvalue weighted by Gasteiger charge is -2.01. The highest BCUT2D eigenvalue weighted by Crippen LogP contribution is 2.31. The second-order valence-corrected chi connectivity index (χ2v) is 3.41. The van der Waals surface area contributed by atoms with Gasteiger partial charge in [0.15, 0.2) is 0 Å². The third-order valence-corrected chi connectivity index (χ3v) is 2.36. The topological polar surface area (TPSA) is 66.5 Å². The number of hydrogen-bond acceptors (Lipinski definition) is 4. The molecular weight excluding hydrogens is 206 g/mol. The average molecular weight is 219 g/mol. The van der Waals surface area contributed by atoms with Crippen molar-refractivity contribution in [1.29, 1.82) is 0 Å². The molecule has 1 aromatic heterocycles. The Hall–Kier alpha value is -1.81. The van der Waals surface area contributed by atoms with Gasteiger partial charge in [0.05, 0.1) is 0 Å². The van der Waals surface area contributed by atoms with Crippen molar-refractivity contribution in [2.24, 2.45) is 0 Å². The van der Waals surface area contributed by atoms with E-state index >= 15 is 0 Å². The summed E-state index contributed by atoms with van der Waals surface area (Å²) in [7, 11) is 0. The Morgan fingerprint density at radius 1 is 1.31 bits per heavy atom. The first kappa shape index (κ1) is 10.7. The molecule has 0 radical (unpaired) electrons. The summed E-state index contributed by atoms with van der Waals surface area (Å²) in [5.41, 5.74) is 1.23. The lowest BCUT2D eigenvalue weighted by molar-refractivity contribution is 0.237. The van der Waals surface area contributed by atoms with Crippen LogP contribution in [0.25, 0.3) is 11.3 Å². The highest BCUT2D eigenvalue weighted by molar-refractivity contribution is 5.68. The molecule has 0 fully saturated rings. The summed E-state index contributed by atoms with van der Waals surface area (Å²) in [4.78, 5) is 4.15. The van der Waals surface area contributed by atoms with Crippen molar-refractivity contribution in [2.75, 3.05) is 0 Å². The van der Waals surface area contributed by atoms with Crippen LogP contribution in [0.2, 0.25) is 0 Å². The van der Waals surface area contributed by atoms with Crippen molar-refractivity contribution >= 4 is 0 Å². The fourth-order valence-corrected chi connectivity index (χ4v) is 1.59. The molecule has 4 heteroatoms. The number of phenols is 1. The zero-order valence-corrected chi connectivity index (χ0v) is 8.97. The van der Waals surface area contributed by atoms with Crippen LogP contribution in [-0.4, -0.2) is 15.2 Å². The van der Waals surface area contributed by atoms with Gasteiger partial charge in [-0.25, -0.2) is 4.98 Å². The number of phenolic OH excluding ortho intramolecular Hbond substituents is 1. The summed E-state index contributed by atoms with van der Waals surface area (Å²) in [5.74, 6) is 1.11. The Morgan fingerprint density at radius 2 is 2.06 bits per heavy atom. The van der Waals surface area contributed by atoms with E-state index in [0.717, 1.165) is 0 Å². The van der Waals surface area contributed by atoms with Crippen molar-refractivity contribution < 1.29 is 14.6 Å². The predicted octanol–water partition coefficient (Wildman–Crippen LogP) is 2.10. The van der Waals surface area contributed by atoms with E-state index in [2.05, 4.69) is 4.98 Å². The summed E-state index contributed by atoms with van der Waals surface area (Å²) in [6.07, 6.45) is 0.663. The van der Waals surface area contributed by atoms with Gasteiger partial charge < -0.3 is 14.6 Å². The van der Waals surface area contributed by atoms with Gasteiger partial charge in [0.1, 0.15) is 23.8 Å². The largest absolute Gasteiger partial charge is 0.507 e. The number of oxazole rings is 1. The zero-order chi connectivity index (χ0) is 11.5.